The summed E-state index contributed by atoms with van der Waals surface area (Å²) in [5.74, 6) is -0.191. The molecule has 1 amide bonds. The van der Waals surface area contributed by atoms with Crippen molar-refractivity contribution < 1.29 is 13.2 Å². The van der Waals surface area contributed by atoms with Gasteiger partial charge in [-0.05, 0) is 69.2 Å². The van der Waals surface area contributed by atoms with Crippen LogP contribution in [0, 0.1) is 6.92 Å². The van der Waals surface area contributed by atoms with Crippen LogP contribution in [0.2, 0.25) is 0 Å². The number of benzene rings is 2. The lowest BCUT2D eigenvalue weighted by atomic mass is 10.2. The maximum Gasteiger partial charge on any atom is 0.243 e. The highest BCUT2D eigenvalue weighted by Gasteiger charge is 2.30. The number of hydrogen-bond donors (Lipinski definition) is 0. The molecule has 0 atom stereocenters. The van der Waals surface area contributed by atoms with Crippen LogP contribution in [0.4, 0.5) is 0 Å². The molecule has 0 fully saturated rings. The zero-order chi connectivity index (χ0) is 26.3. The van der Waals surface area contributed by atoms with Gasteiger partial charge in [0.2, 0.25) is 15.9 Å². The van der Waals surface area contributed by atoms with E-state index in [-0.39, 0.29) is 23.4 Å². The van der Waals surface area contributed by atoms with E-state index in [0.717, 1.165) is 34.1 Å². The fourth-order valence-corrected chi connectivity index (χ4v) is 5.84. The largest absolute Gasteiger partial charge is 0.345 e. The molecule has 0 aliphatic rings. The predicted molar refractivity (Wildman–Crippen MR) is 148 cm³/mol. The van der Waals surface area contributed by atoms with Gasteiger partial charge in [0.25, 0.3) is 0 Å². The Balaban J connectivity index is 1.80. The van der Waals surface area contributed by atoms with E-state index in [9.17, 15) is 13.2 Å². The van der Waals surface area contributed by atoms with Gasteiger partial charge in [0, 0.05) is 35.5 Å². The maximum atomic E-state index is 13.5. The lowest BCUT2D eigenvalue weighted by Gasteiger charge is -2.29. The van der Waals surface area contributed by atoms with Crippen molar-refractivity contribution in [1.82, 2.24) is 13.8 Å². The van der Waals surface area contributed by atoms with Crippen molar-refractivity contribution in [2.45, 2.75) is 64.6 Å². The lowest BCUT2D eigenvalue weighted by molar-refractivity contribution is -0.132. The van der Waals surface area contributed by atoms with Crippen LogP contribution in [0.1, 0.15) is 50.4 Å². The van der Waals surface area contributed by atoms with Crippen molar-refractivity contribution >= 4 is 31.9 Å². The molecule has 0 aliphatic carbocycles. The van der Waals surface area contributed by atoms with Gasteiger partial charge in [-0.3, -0.25) is 4.79 Å². The molecule has 2 aromatic carbocycles. The molecule has 1 heterocycles. The Bertz CT molecular complexity index is 1240. The molecule has 0 N–H and O–H groups in total. The topological polar surface area (TPSA) is 62.6 Å². The molecule has 3 aromatic rings. The van der Waals surface area contributed by atoms with Crippen molar-refractivity contribution in [3.63, 3.8) is 0 Å². The molecule has 0 aliphatic heterocycles. The summed E-state index contributed by atoms with van der Waals surface area (Å²) in [6.07, 6.45) is 3.81. The predicted octanol–water partition coefficient (Wildman–Crippen LogP) is 5.84. The summed E-state index contributed by atoms with van der Waals surface area (Å²) in [6.45, 7) is 9.13. The van der Waals surface area contributed by atoms with Gasteiger partial charge in [-0.15, -0.1) is 0 Å². The lowest BCUT2D eigenvalue weighted by Crippen LogP contribution is -2.46. The zero-order valence-corrected chi connectivity index (χ0v) is 23.9. The van der Waals surface area contributed by atoms with E-state index in [0.29, 0.717) is 19.6 Å². The Morgan fingerprint density at radius 1 is 1.03 bits per heavy atom. The number of carbonyl (C=O) groups excluding carboxylic acids is 1. The van der Waals surface area contributed by atoms with Crippen LogP contribution in [0.25, 0.3) is 0 Å². The summed E-state index contributed by atoms with van der Waals surface area (Å²) in [4.78, 5) is 15.5. The number of aromatic nitrogens is 1. The van der Waals surface area contributed by atoms with Crippen molar-refractivity contribution in [1.29, 1.82) is 0 Å². The van der Waals surface area contributed by atoms with Crippen LogP contribution in [0.3, 0.4) is 0 Å². The molecule has 1 aromatic heterocycles. The monoisotopic (exact) mass is 573 g/mol. The van der Waals surface area contributed by atoms with Gasteiger partial charge in [0.15, 0.2) is 0 Å². The minimum Gasteiger partial charge on any atom is -0.345 e. The summed E-state index contributed by atoms with van der Waals surface area (Å²) >= 11 is 3.47. The third-order valence-corrected chi connectivity index (χ3v) is 8.74. The summed E-state index contributed by atoms with van der Waals surface area (Å²) in [5.41, 5.74) is 3.16. The van der Waals surface area contributed by atoms with Crippen molar-refractivity contribution in [2.24, 2.45) is 0 Å². The molecule has 0 radical (unpaired) electrons. The Morgan fingerprint density at radius 2 is 1.69 bits per heavy atom. The summed E-state index contributed by atoms with van der Waals surface area (Å²) in [5, 5.41) is 0. The molecule has 0 saturated carbocycles. The number of halogens is 1. The van der Waals surface area contributed by atoms with Crippen LogP contribution in [0.5, 0.6) is 0 Å². The molecular formula is C28H36BrN3O3S. The first-order valence-electron chi connectivity index (χ1n) is 12.4. The van der Waals surface area contributed by atoms with Crippen LogP contribution in [-0.2, 0) is 27.9 Å². The first-order valence-corrected chi connectivity index (χ1v) is 14.6. The molecule has 3 rings (SSSR count). The minimum absolute atomic E-state index is 0.189. The Kier molecular flexibility index (Phi) is 9.93. The second kappa shape index (κ2) is 12.7. The van der Waals surface area contributed by atoms with Crippen LogP contribution in [-0.4, -0.2) is 47.2 Å². The molecular weight excluding hydrogens is 538 g/mol. The van der Waals surface area contributed by atoms with Gasteiger partial charge in [-0.25, -0.2) is 8.42 Å². The van der Waals surface area contributed by atoms with Crippen LogP contribution < -0.4 is 0 Å². The highest BCUT2D eigenvalue weighted by molar-refractivity contribution is 9.10. The van der Waals surface area contributed by atoms with E-state index in [1.54, 1.807) is 43.0 Å². The Labute approximate surface area is 224 Å². The van der Waals surface area contributed by atoms with Gasteiger partial charge >= 0.3 is 0 Å². The number of amides is 1. The molecule has 0 bridgehead atoms. The van der Waals surface area contributed by atoms with Crippen molar-refractivity contribution in [3.05, 3.63) is 88.2 Å². The van der Waals surface area contributed by atoms with Crippen LogP contribution >= 0.6 is 15.9 Å². The van der Waals surface area contributed by atoms with E-state index < -0.39 is 10.0 Å². The third kappa shape index (κ3) is 7.31. The van der Waals surface area contributed by atoms with E-state index in [1.807, 2.05) is 37.4 Å². The quantitative estimate of drug-likeness (QED) is 0.273. The molecule has 0 spiro atoms. The van der Waals surface area contributed by atoms with Crippen molar-refractivity contribution in [3.8, 4) is 0 Å². The van der Waals surface area contributed by atoms with E-state index in [2.05, 4.69) is 39.6 Å². The number of nitrogens with zero attached hydrogens (tertiary/aromatic N) is 3. The number of rotatable bonds is 12. The first kappa shape index (κ1) is 28.2. The zero-order valence-electron chi connectivity index (χ0n) is 21.5. The smallest absolute Gasteiger partial charge is 0.243 e. The van der Waals surface area contributed by atoms with Gasteiger partial charge in [0.1, 0.15) is 0 Å². The highest BCUT2D eigenvalue weighted by atomic mass is 79.9. The fourth-order valence-electron chi connectivity index (χ4n) is 3.99. The minimum atomic E-state index is -3.80. The summed E-state index contributed by atoms with van der Waals surface area (Å²) in [6, 6.07) is 18.6. The number of hydrogen-bond acceptors (Lipinski definition) is 3. The molecule has 36 heavy (non-hydrogen) atoms. The molecule has 194 valence electrons. The standard InChI is InChI=1S/C28H36BrN3O3S/c1-5-6-17-31(20-26-8-7-18-30(26)19-24-11-13-25(29)14-12-24)28(33)21-32(22(2)3)36(34,35)27-15-9-23(4)10-16-27/h7-16,18,22H,5-6,17,19-21H2,1-4H3. The highest BCUT2D eigenvalue weighted by Crippen LogP contribution is 2.20. The second-order valence-corrected chi connectivity index (χ2v) is 12.2. The Morgan fingerprint density at radius 3 is 2.31 bits per heavy atom. The number of unbranched alkanes of at least 4 members (excludes halogenated alkanes) is 1. The average molecular weight is 575 g/mol. The second-order valence-electron chi connectivity index (χ2n) is 9.38. The number of aryl methyl sites for hydroxylation is 1. The third-order valence-electron chi connectivity index (χ3n) is 6.17. The van der Waals surface area contributed by atoms with Gasteiger partial charge in [-0.2, -0.15) is 4.31 Å². The molecule has 0 saturated heterocycles. The maximum absolute atomic E-state index is 13.5. The molecule has 6 nitrogen and oxygen atoms in total. The van der Waals surface area contributed by atoms with E-state index in [4.69, 9.17) is 0 Å². The average Bonchev–Trinajstić information content (AvgIpc) is 3.27. The van der Waals surface area contributed by atoms with Crippen molar-refractivity contribution in [2.75, 3.05) is 13.1 Å². The van der Waals surface area contributed by atoms with E-state index in [1.165, 1.54) is 4.31 Å². The van der Waals surface area contributed by atoms with E-state index >= 15 is 0 Å². The number of carbonyl (C=O) groups is 1. The normalized spacial score (nSPS) is 11.9. The fraction of sp³-hybridized carbons (Fsp3) is 0.393. The summed E-state index contributed by atoms with van der Waals surface area (Å²) in [7, 11) is -3.80. The van der Waals surface area contributed by atoms with Gasteiger partial charge < -0.3 is 9.47 Å². The van der Waals surface area contributed by atoms with Gasteiger partial charge in [-0.1, -0.05) is 59.1 Å². The van der Waals surface area contributed by atoms with Gasteiger partial charge in [0.05, 0.1) is 18.0 Å². The summed E-state index contributed by atoms with van der Waals surface area (Å²) < 4.78 is 31.3. The number of sulfonamides is 1. The SMILES string of the molecule is CCCCN(Cc1cccn1Cc1ccc(Br)cc1)C(=O)CN(C(C)C)S(=O)(=O)c1ccc(C)cc1. The first-order chi connectivity index (χ1) is 17.1. The molecule has 0 unspecified atom stereocenters. The van der Waals surface area contributed by atoms with Crippen LogP contribution in [0.15, 0.2) is 76.2 Å². The molecule has 8 heteroatoms. The Hall–Kier alpha value is -2.42.